The smallest absolute Gasteiger partial charge is 0.275 e. The van der Waals surface area contributed by atoms with Gasteiger partial charge >= 0.3 is 0 Å². The average molecular weight is 326 g/mol. The van der Waals surface area contributed by atoms with Crippen molar-refractivity contribution in [1.82, 2.24) is 9.97 Å². The minimum Gasteiger partial charge on any atom is -0.380 e. The molecule has 6 heteroatoms. The quantitative estimate of drug-likeness (QED) is 0.935. The molecule has 1 atom stereocenters. The number of nitrogens with one attached hydrogen (secondary N) is 1. The molecule has 0 bridgehead atoms. The number of methoxy groups -OCH3 is 1. The number of rotatable bonds is 4. The standard InChI is InChI=1S/C18H22N4O2/c1-13-10-20-17(11-19-13)18(23)21-14-5-7-15(8-6-14)22-9-3-4-16(12-22)24-2/h5-8,10-11,16H,3-4,9,12H2,1-2H3,(H,21,23). The lowest BCUT2D eigenvalue weighted by Gasteiger charge is -2.33. The Bertz CT molecular complexity index is 685. The average Bonchev–Trinajstić information content (AvgIpc) is 2.63. The van der Waals surface area contributed by atoms with E-state index in [1.54, 1.807) is 13.3 Å². The second kappa shape index (κ2) is 7.40. The van der Waals surface area contributed by atoms with Crippen molar-refractivity contribution in [2.75, 3.05) is 30.4 Å². The van der Waals surface area contributed by atoms with E-state index in [0.717, 1.165) is 43.0 Å². The van der Waals surface area contributed by atoms with Crippen LogP contribution in [-0.2, 0) is 4.74 Å². The lowest BCUT2D eigenvalue weighted by molar-refractivity contribution is 0.0893. The molecule has 2 aromatic rings. The molecule has 1 aromatic heterocycles. The molecule has 126 valence electrons. The Morgan fingerprint density at radius 2 is 2.04 bits per heavy atom. The maximum Gasteiger partial charge on any atom is 0.275 e. The third-order valence-electron chi connectivity index (χ3n) is 4.22. The van der Waals surface area contributed by atoms with Crippen molar-refractivity contribution in [3.8, 4) is 0 Å². The first-order valence-corrected chi connectivity index (χ1v) is 8.13. The molecule has 1 N–H and O–H groups in total. The zero-order valence-corrected chi connectivity index (χ0v) is 14.0. The number of carbonyl (C=O) groups is 1. The second-order valence-corrected chi connectivity index (χ2v) is 5.99. The Morgan fingerprint density at radius 1 is 1.25 bits per heavy atom. The largest absolute Gasteiger partial charge is 0.380 e. The van der Waals surface area contributed by atoms with Gasteiger partial charge in [0.25, 0.3) is 5.91 Å². The van der Waals surface area contributed by atoms with Crippen molar-refractivity contribution in [1.29, 1.82) is 0 Å². The van der Waals surface area contributed by atoms with Gasteiger partial charge in [0.15, 0.2) is 0 Å². The first-order chi connectivity index (χ1) is 11.7. The molecular weight excluding hydrogens is 304 g/mol. The van der Waals surface area contributed by atoms with E-state index in [1.807, 2.05) is 31.2 Å². The summed E-state index contributed by atoms with van der Waals surface area (Å²) in [5.74, 6) is -0.257. The van der Waals surface area contributed by atoms with Gasteiger partial charge in [0.1, 0.15) is 5.69 Å². The maximum absolute atomic E-state index is 12.2. The number of aryl methyl sites for hydroxylation is 1. The molecule has 0 radical (unpaired) electrons. The third kappa shape index (κ3) is 3.89. The van der Waals surface area contributed by atoms with Crippen molar-refractivity contribution >= 4 is 17.3 Å². The van der Waals surface area contributed by atoms with E-state index in [-0.39, 0.29) is 5.91 Å². The Labute approximate surface area is 141 Å². The highest BCUT2D eigenvalue weighted by Crippen LogP contribution is 2.23. The summed E-state index contributed by atoms with van der Waals surface area (Å²) >= 11 is 0. The van der Waals surface area contributed by atoms with Crippen molar-refractivity contribution < 1.29 is 9.53 Å². The van der Waals surface area contributed by atoms with Crippen molar-refractivity contribution in [3.05, 3.63) is 48.0 Å². The van der Waals surface area contributed by atoms with Crippen LogP contribution in [0, 0.1) is 6.92 Å². The Hall–Kier alpha value is -2.47. The van der Waals surface area contributed by atoms with Gasteiger partial charge in [-0.25, -0.2) is 4.98 Å². The Morgan fingerprint density at radius 3 is 2.71 bits per heavy atom. The minimum atomic E-state index is -0.257. The maximum atomic E-state index is 12.2. The monoisotopic (exact) mass is 326 g/mol. The van der Waals surface area contributed by atoms with Crippen LogP contribution in [0.4, 0.5) is 11.4 Å². The SMILES string of the molecule is COC1CCCN(c2ccc(NC(=O)c3cnc(C)cn3)cc2)C1. The normalized spacial score (nSPS) is 17.6. The molecule has 1 saturated heterocycles. The summed E-state index contributed by atoms with van der Waals surface area (Å²) in [5, 5.41) is 2.84. The van der Waals surface area contributed by atoms with Crippen LogP contribution in [0.25, 0.3) is 0 Å². The van der Waals surface area contributed by atoms with Gasteiger partial charge in [0.2, 0.25) is 0 Å². The molecule has 1 fully saturated rings. The van der Waals surface area contributed by atoms with Crippen LogP contribution in [0.5, 0.6) is 0 Å². The highest BCUT2D eigenvalue weighted by Gasteiger charge is 2.19. The van der Waals surface area contributed by atoms with Gasteiger partial charge in [-0.15, -0.1) is 0 Å². The number of benzene rings is 1. The first kappa shape index (κ1) is 16.4. The van der Waals surface area contributed by atoms with Gasteiger partial charge in [0.05, 0.1) is 18.0 Å². The van der Waals surface area contributed by atoms with E-state index in [1.165, 1.54) is 6.20 Å². The van der Waals surface area contributed by atoms with Crippen LogP contribution in [0.1, 0.15) is 29.0 Å². The summed E-state index contributed by atoms with van der Waals surface area (Å²) < 4.78 is 5.47. The van der Waals surface area contributed by atoms with Crippen LogP contribution in [0.2, 0.25) is 0 Å². The van der Waals surface area contributed by atoms with E-state index in [2.05, 4.69) is 20.2 Å². The fourth-order valence-corrected chi connectivity index (χ4v) is 2.83. The second-order valence-electron chi connectivity index (χ2n) is 5.99. The molecule has 0 spiro atoms. The lowest BCUT2D eigenvalue weighted by atomic mass is 10.1. The molecule has 1 amide bonds. The number of nitrogens with zero attached hydrogens (tertiary/aromatic N) is 3. The van der Waals surface area contributed by atoms with E-state index in [9.17, 15) is 4.79 Å². The zero-order valence-electron chi connectivity index (χ0n) is 14.0. The highest BCUT2D eigenvalue weighted by atomic mass is 16.5. The van der Waals surface area contributed by atoms with Crippen LogP contribution in [-0.4, -0.2) is 42.2 Å². The molecule has 1 aliphatic rings. The molecule has 1 unspecified atom stereocenters. The fourth-order valence-electron chi connectivity index (χ4n) is 2.83. The number of anilines is 2. The Kier molecular flexibility index (Phi) is 5.05. The molecular formula is C18H22N4O2. The van der Waals surface area contributed by atoms with Gasteiger partial charge < -0.3 is 15.0 Å². The van der Waals surface area contributed by atoms with Crippen LogP contribution < -0.4 is 10.2 Å². The first-order valence-electron chi connectivity index (χ1n) is 8.13. The third-order valence-corrected chi connectivity index (χ3v) is 4.22. The van der Waals surface area contributed by atoms with E-state index in [0.29, 0.717) is 11.8 Å². The highest BCUT2D eigenvalue weighted by molar-refractivity contribution is 6.02. The topological polar surface area (TPSA) is 67.3 Å². The van der Waals surface area contributed by atoms with Crippen LogP contribution in [0.15, 0.2) is 36.7 Å². The summed E-state index contributed by atoms with van der Waals surface area (Å²) in [5.41, 5.74) is 2.98. The van der Waals surface area contributed by atoms with E-state index >= 15 is 0 Å². The predicted molar refractivity (Wildman–Crippen MR) is 93.4 cm³/mol. The molecule has 1 aromatic carbocycles. The summed E-state index contributed by atoms with van der Waals surface area (Å²) in [6.07, 6.45) is 5.60. The van der Waals surface area contributed by atoms with Crippen molar-refractivity contribution in [2.45, 2.75) is 25.9 Å². The molecule has 6 nitrogen and oxygen atoms in total. The molecule has 3 rings (SSSR count). The number of amides is 1. The van der Waals surface area contributed by atoms with Gasteiger partial charge in [-0.05, 0) is 44.0 Å². The zero-order chi connectivity index (χ0) is 16.9. The summed E-state index contributed by atoms with van der Waals surface area (Å²) in [6, 6.07) is 7.86. The van der Waals surface area contributed by atoms with Crippen molar-refractivity contribution in [2.24, 2.45) is 0 Å². The lowest BCUT2D eigenvalue weighted by Crippen LogP contribution is -2.39. The predicted octanol–water partition coefficient (Wildman–Crippen LogP) is 2.65. The molecule has 1 aliphatic heterocycles. The van der Waals surface area contributed by atoms with Gasteiger partial charge in [-0.1, -0.05) is 0 Å². The molecule has 2 heterocycles. The van der Waals surface area contributed by atoms with Crippen molar-refractivity contribution in [3.63, 3.8) is 0 Å². The number of carbonyl (C=O) groups excluding carboxylic acids is 1. The summed E-state index contributed by atoms with van der Waals surface area (Å²) in [6.45, 7) is 3.77. The fraction of sp³-hybridized carbons (Fsp3) is 0.389. The minimum absolute atomic E-state index is 0.257. The Balaban J connectivity index is 1.64. The van der Waals surface area contributed by atoms with Crippen LogP contribution >= 0.6 is 0 Å². The molecule has 24 heavy (non-hydrogen) atoms. The number of ether oxygens (including phenoxy) is 1. The summed E-state index contributed by atoms with van der Waals surface area (Å²) in [4.78, 5) is 22.6. The van der Waals surface area contributed by atoms with Gasteiger partial charge in [-0.3, -0.25) is 9.78 Å². The molecule has 0 aliphatic carbocycles. The van der Waals surface area contributed by atoms with Gasteiger partial charge in [0, 0.05) is 37.8 Å². The number of hydrogen-bond acceptors (Lipinski definition) is 5. The van der Waals surface area contributed by atoms with Gasteiger partial charge in [-0.2, -0.15) is 0 Å². The van der Waals surface area contributed by atoms with Crippen LogP contribution in [0.3, 0.4) is 0 Å². The number of hydrogen-bond donors (Lipinski definition) is 1. The van der Waals surface area contributed by atoms with E-state index in [4.69, 9.17) is 4.74 Å². The number of piperidine rings is 1. The number of aromatic nitrogens is 2. The van der Waals surface area contributed by atoms with E-state index < -0.39 is 0 Å². The summed E-state index contributed by atoms with van der Waals surface area (Å²) in [7, 11) is 1.76. The molecule has 0 saturated carbocycles.